The monoisotopic (exact) mass is 533 g/mol. The summed E-state index contributed by atoms with van der Waals surface area (Å²) in [6.07, 6.45) is 7.61. The summed E-state index contributed by atoms with van der Waals surface area (Å²) in [5.41, 5.74) is 6.45. The number of carbonyl (C=O) groups is 1. The zero-order valence-electron chi connectivity index (χ0n) is 20.3. The van der Waals surface area contributed by atoms with Crippen LogP contribution in [-0.2, 0) is 4.79 Å². The van der Waals surface area contributed by atoms with Crippen molar-refractivity contribution in [3.8, 4) is 0 Å². The van der Waals surface area contributed by atoms with Gasteiger partial charge in [0.15, 0.2) is 11.5 Å². The molecule has 2 aliphatic carbocycles. The van der Waals surface area contributed by atoms with Gasteiger partial charge in [-0.25, -0.2) is 18.7 Å². The van der Waals surface area contributed by atoms with E-state index in [-0.39, 0.29) is 40.6 Å². The molecule has 37 heavy (non-hydrogen) atoms. The molecule has 2 fully saturated rings. The van der Waals surface area contributed by atoms with Gasteiger partial charge in [-0.3, -0.25) is 9.36 Å². The molecule has 2 heterocycles. The molecule has 0 saturated heterocycles. The smallest absolute Gasteiger partial charge is 0.224 e. The van der Waals surface area contributed by atoms with E-state index in [9.17, 15) is 18.7 Å². The first kappa shape index (κ1) is 25.6. The molecule has 3 aromatic rings. The average Bonchev–Trinajstić information content (AvgIpc) is 3.23. The van der Waals surface area contributed by atoms with Gasteiger partial charge in [-0.15, -0.1) is 0 Å². The van der Waals surface area contributed by atoms with E-state index < -0.39 is 11.6 Å². The molecule has 198 valence electrons. The lowest BCUT2D eigenvalue weighted by atomic mass is 9.85. The number of halogens is 3. The number of aliphatic hydroxyl groups is 1. The molecule has 1 amide bonds. The van der Waals surface area contributed by atoms with Crippen molar-refractivity contribution in [2.45, 2.75) is 63.5 Å². The van der Waals surface area contributed by atoms with Gasteiger partial charge in [0, 0.05) is 30.5 Å². The minimum absolute atomic E-state index is 0.0895. The van der Waals surface area contributed by atoms with Crippen molar-refractivity contribution >= 4 is 46.3 Å². The van der Waals surface area contributed by atoms with Gasteiger partial charge in [0.05, 0.1) is 23.0 Å². The van der Waals surface area contributed by atoms with Gasteiger partial charge in [0.25, 0.3) is 0 Å². The third kappa shape index (κ3) is 5.47. The van der Waals surface area contributed by atoms with E-state index in [1.807, 2.05) is 4.57 Å². The number of primary amides is 1. The predicted molar refractivity (Wildman–Crippen MR) is 137 cm³/mol. The van der Waals surface area contributed by atoms with Crippen LogP contribution in [0.3, 0.4) is 0 Å². The molecule has 0 aliphatic heterocycles. The number of nitrogens with two attached hydrogens (primary N) is 1. The number of benzene rings is 1. The number of anilines is 3. The van der Waals surface area contributed by atoms with Gasteiger partial charge in [0.1, 0.15) is 11.3 Å². The molecule has 2 atom stereocenters. The number of imidazole rings is 1. The maximum atomic E-state index is 14.6. The molecule has 2 aromatic heterocycles. The highest BCUT2D eigenvalue weighted by Crippen LogP contribution is 2.38. The standard InChI is InChI=1S/C25H30ClF2N7O2/c26-17-9-15(27)10-18(28)21(17)33-25-32-19-12-31-24(30-11-14-3-1-2-4-20(14)36)34-23(19)35(25)16-7-5-13(6-8-16)22(29)37/h9-10,12-14,16,20,36H,1-8,11H2,(H2,29,37)(H,32,33)(H,30,31,34)/t13-,14-,16+,20+/m0/s1. The third-order valence-electron chi connectivity index (χ3n) is 7.53. The third-order valence-corrected chi connectivity index (χ3v) is 7.83. The van der Waals surface area contributed by atoms with Gasteiger partial charge in [0.2, 0.25) is 17.8 Å². The Morgan fingerprint density at radius 3 is 2.59 bits per heavy atom. The molecule has 2 saturated carbocycles. The molecule has 0 spiro atoms. The lowest BCUT2D eigenvalue weighted by Crippen LogP contribution is -2.30. The van der Waals surface area contributed by atoms with Crippen LogP contribution in [0, 0.1) is 23.5 Å². The second-order valence-electron chi connectivity index (χ2n) is 9.98. The van der Waals surface area contributed by atoms with Crippen LogP contribution >= 0.6 is 11.6 Å². The second kappa shape index (κ2) is 10.7. The zero-order valence-corrected chi connectivity index (χ0v) is 21.0. The maximum absolute atomic E-state index is 14.6. The fraction of sp³-hybridized carbons (Fsp3) is 0.520. The first-order valence-electron chi connectivity index (χ1n) is 12.7. The van der Waals surface area contributed by atoms with Crippen LogP contribution in [0.15, 0.2) is 18.3 Å². The van der Waals surface area contributed by atoms with Crippen molar-refractivity contribution < 1.29 is 18.7 Å². The summed E-state index contributed by atoms with van der Waals surface area (Å²) in [5.74, 6) is -1.32. The summed E-state index contributed by atoms with van der Waals surface area (Å²) >= 11 is 6.14. The number of fused-ring (bicyclic) bond motifs is 1. The first-order valence-corrected chi connectivity index (χ1v) is 13.1. The molecule has 0 bridgehead atoms. The van der Waals surface area contributed by atoms with E-state index in [2.05, 4.69) is 20.6 Å². The van der Waals surface area contributed by atoms with E-state index in [1.54, 1.807) is 6.20 Å². The number of aromatic nitrogens is 4. The number of carbonyl (C=O) groups excluding carboxylic acids is 1. The summed E-state index contributed by atoms with van der Waals surface area (Å²) in [6.45, 7) is 0.548. The minimum Gasteiger partial charge on any atom is -0.393 e. The van der Waals surface area contributed by atoms with E-state index in [1.165, 1.54) is 0 Å². The Bertz CT molecular complexity index is 1270. The van der Waals surface area contributed by atoms with Crippen molar-refractivity contribution in [2.24, 2.45) is 17.6 Å². The van der Waals surface area contributed by atoms with Crippen LogP contribution in [0.1, 0.15) is 57.4 Å². The summed E-state index contributed by atoms with van der Waals surface area (Å²) in [6, 6.07) is 1.69. The first-order chi connectivity index (χ1) is 17.8. The van der Waals surface area contributed by atoms with Gasteiger partial charge in [-0.05, 0) is 44.6 Å². The fourth-order valence-electron chi connectivity index (χ4n) is 5.45. The Balaban J connectivity index is 1.48. The summed E-state index contributed by atoms with van der Waals surface area (Å²) in [5, 5.41) is 16.4. The Labute approximate surface area is 217 Å². The molecule has 9 nitrogen and oxygen atoms in total. The van der Waals surface area contributed by atoms with Gasteiger partial charge in [-0.2, -0.15) is 4.98 Å². The van der Waals surface area contributed by atoms with Crippen LogP contribution in [0.4, 0.5) is 26.4 Å². The lowest BCUT2D eigenvalue weighted by molar-refractivity contribution is -0.122. The van der Waals surface area contributed by atoms with Gasteiger partial charge < -0.3 is 21.5 Å². The van der Waals surface area contributed by atoms with Crippen molar-refractivity contribution in [2.75, 3.05) is 17.2 Å². The number of amides is 1. The van der Waals surface area contributed by atoms with Crippen LogP contribution in [0.25, 0.3) is 11.2 Å². The Morgan fingerprint density at radius 2 is 1.89 bits per heavy atom. The van der Waals surface area contributed by atoms with E-state index in [4.69, 9.17) is 22.3 Å². The summed E-state index contributed by atoms with van der Waals surface area (Å²) in [7, 11) is 0. The highest BCUT2D eigenvalue weighted by atomic mass is 35.5. The number of hydrogen-bond donors (Lipinski definition) is 4. The zero-order chi connectivity index (χ0) is 26.1. The van der Waals surface area contributed by atoms with Crippen molar-refractivity contribution in [3.05, 3.63) is 35.0 Å². The topological polar surface area (TPSA) is 131 Å². The molecule has 0 unspecified atom stereocenters. The fourth-order valence-corrected chi connectivity index (χ4v) is 5.69. The summed E-state index contributed by atoms with van der Waals surface area (Å²) < 4.78 is 30.1. The quantitative estimate of drug-likeness (QED) is 0.347. The molecular formula is C25H30ClF2N7O2. The van der Waals surface area contributed by atoms with E-state index in [0.29, 0.717) is 55.3 Å². The Kier molecular flexibility index (Phi) is 7.43. The SMILES string of the molecule is NC(=O)[C@H]1CC[C@@H](n2c(Nc3c(F)cc(F)cc3Cl)nc3cnc(NC[C@@H]4CCCC[C@H]4O)nc32)CC1. The molecule has 12 heteroatoms. The number of rotatable bonds is 7. The molecule has 1 aromatic carbocycles. The molecule has 5 N–H and O–H groups in total. The highest BCUT2D eigenvalue weighted by Gasteiger charge is 2.30. The van der Waals surface area contributed by atoms with E-state index >= 15 is 0 Å². The lowest BCUT2D eigenvalue weighted by Gasteiger charge is -2.29. The van der Waals surface area contributed by atoms with Crippen LogP contribution in [0.2, 0.25) is 5.02 Å². The van der Waals surface area contributed by atoms with Gasteiger partial charge in [-0.1, -0.05) is 24.4 Å². The Hall–Kier alpha value is -3.05. The largest absolute Gasteiger partial charge is 0.393 e. The molecule has 0 radical (unpaired) electrons. The number of nitrogens with zero attached hydrogens (tertiary/aromatic N) is 4. The van der Waals surface area contributed by atoms with Crippen molar-refractivity contribution in [1.82, 2.24) is 19.5 Å². The predicted octanol–water partition coefficient (Wildman–Crippen LogP) is 4.68. The Morgan fingerprint density at radius 1 is 1.14 bits per heavy atom. The average molecular weight is 534 g/mol. The molecular weight excluding hydrogens is 504 g/mol. The van der Waals surface area contributed by atoms with E-state index in [0.717, 1.165) is 37.8 Å². The van der Waals surface area contributed by atoms with Crippen molar-refractivity contribution in [3.63, 3.8) is 0 Å². The van der Waals surface area contributed by atoms with Crippen LogP contribution in [-0.4, -0.2) is 43.2 Å². The van der Waals surface area contributed by atoms with Crippen molar-refractivity contribution in [1.29, 1.82) is 0 Å². The minimum atomic E-state index is -0.847. The molecule has 5 rings (SSSR count). The molecule has 2 aliphatic rings. The van der Waals surface area contributed by atoms with Crippen LogP contribution in [0.5, 0.6) is 0 Å². The van der Waals surface area contributed by atoms with Crippen LogP contribution < -0.4 is 16.4 Å². The number of nitrogens with one attached hydrogen (secondary N) is 2. The number of aliphatic hydroxyl groups excluding tert-OH is 1. The highest BCUT2D eigenvalue weighted by molar-refractivity contribution is 6.33. The van der Waals surface area contributed by atoms with Gasteiger partial charge >= 0.3 is 0 Å². The maximum Gasteiger partial charge on any atom is 0.224 e. The second-order valence-corrected chi connectivity index (χ2v) is 10.4. The number of hydrogen-bond acceptors (Lipinski definition) is 7. The summed E-state index contributed by atoms with van der Waals surface area (Å²) in [4.78, 5) is 25.4. The normalized spacial score (nSPS) is 24.2.